The lowest BCUT2D eigenvalue weighted by Gasteiger charge is -2.49. The Bertz CT molecular complexity index is 507. The molecule has 0 aliphatic heterocycles. The molecule has 2 heteroatoms. The van der Waals surface area contributed by atoms with E-state index >= 15 is 0 Å². The summed E-state index contributed by atoms with van der Waals surface area (Å²) in [5.41, 5.74) is 1.94. The Balaban J connectivity index is 2.11. The molecule has 3 rings (SSSR count). The highest BCUT2D eigenvalue weighted by molar-refractivity contribution is 6.01. The van der Waals surface area contributed by atoms with Gasteiger partial charge >= 0.3 is 0 Å². The van der Waals surface area contributed by atoms with Crippen molar-refractivity contribution in [1.29, 1.82) is 0 Å². The summed E-state index contributed by atoms with van der Waals surface area (Å²) in [5, 5.41) is 0. The van der Waals surface area contributed by atoms with E-state index in [2.05, 4.69) is 19.9 Å². The number of hydrogen-bond donors (Lipinski definition) is 0. The molecule has 0 aromatic rings. The molecule has 0 amide bonds. The first-order valence-electron chi connectivity index (χ1n) is 6.79. The number of carbonyl (C=O) groups excluding carboxylic acids is 2. The van der Waals surface area contributed by atoms with Crippen LogP contribution in [0.15, 0.2) is 23.3 Å². The number of fused-ring (bicyclic) bond motifs is 1. The van der Waals surface area contributed by atoms with Crippen LogP contribution < -0.4 is 0 Å². The first kappa shape index (κ1) is 11.9. The molecule has 3 aliphatic carbocycles. The van der Waals surface area contributed by atoms with Crippen LogP contribution in [0.1, 0.15) is 46.5 Å². The van der Waals surface area contributed by atoms with Crippen LogP contribution >= 0.6 is 0 Å². The van der Waals surface area contributed by atoms with Crippen LogP contribution in [-0.2, 0) is 9.59 Å². The van der Waals surface area contributed by atoms with Gasteiger partial charge in [0.25, 0.3) is 0 Å². The van der Waals surface area contributed by atoms with Crippen LogP contribution in [-0.4, -0.2) is 11.6 Å². The number of allylic oxidation sites excluding steroid dienone is 4. The summed E-state index contributed by atoms with van der Waals surface area (Å²) in [4.78, 5) is 24.8. The van der Waals surface area contributed by atoms with Crippen LogP contribution in [0.5, 0.6) is 0 Å². The van der Waals surface area contributed by atoms with Crippen molar-refractivity contribution in [3.63, 3.8) is 0 Å². The van der Waals surface area contributed by atoms with Gasteiger partial charge in [-0.3, -0.25) is 9.59 Å². The third-order valence-corrected chi connectivity index (χ3v) is 4.99. The van der Waals surface area contributed by atoms with Crippen molar-refractivity contribution in [2.24, 2.45) is 16.7 Å². The second kappa shape index (κ2) is 3.43. The number of hydrogen-bond acceptors (Lipinski definition) is 2. The maximum atomic E-state index is 12.6. The largest absolute Gasteiger partial charge is 0.299 e. The van der Waals surface area contributed by atoms with E-state index in [1.165, 1.54) is 0 Å². The predicted molar refractivity (Wildman–Crippen MR) is 70.0 cm³/mol. The third-order valence-electron chi connectivity index (χ3n) is 4.99. The molecule has 1 fully saturated rings. The molecule has 18 heavy (non-hydrogen) atoms. The highest BCUT2D eigenvalue weighted by Gasteiger charge is 2.53. The fraction of sp³-hybridized carbons (Fsp3) is 0.625. The average molecular weight is 244 g/mol. The van der Waals surface area contributed by atoms with E-state index in [1.54, 1.807) is 6.08 Å². The standard InChI is InChI=1S/C16H20O2/c1-10-4-5-16-8-12(10)13(17)6-11(16)7-15(2,3)9-14(16)18/h4,6,12H,5,7-9H2,1-3H3/t12-,16+/m0/s1. The molecule has 2 bridgehead atoms. The van der Waals surface area contributed by atoms with Crippen molar-refractivity contribution in [3.05, 3.63) is 23.3 Å². The number of rotatable bonds is 0. The second-order valence-electron chi connectivity index (χ2n) is 7.00. The van der Waals surface area contributed by atoms with Gasteiger partial charge < -0.3 is 0 Å². The number of ketones is 2. The zero-order chi connectivity index (χ0) is 13.1. The molecule has 0 radical (unpaired) electrons. The Morgan fingerprint density at radius 3 is 2.67 bits per heavy atom. The van der Waals surface area contributed by atoms with Gasteiger partial charge in [-0.15, -0.1) is 0 Å². The highest BCUT2D eigenvalue weighted by Crippen LogP contribution is 2.56. The Labute approximate surface area is 108 Å². The molecule has 0 saturated heterocycles. The molecule has 0 aromatic heterocycles. The van der Waals surface area contributed by atoms with E-state index in [0.29, 0.717) is 12.2 Å². The Morgan fingerprint density at radius 2 is 1.94 bits per heavy atom. The van der Waals surface area contributed by atoms with E-state index in [-0.39, 0.29) is 22.5 Å². The maximum Gasteiger partial charge on any atom is 0.162 e. The van der Waals surface area contributed by atoms with Crippen LogP contribution in [0.4, 0.5) is 0 Å². The first-order valence-corrected chi connectivity index (χ1v) is 6.79. The first-order chi connectivity index (χ1) is 8.34. The van der Waals surface area contributed by atoms with Crippen molar-refractivity contribution in [2.45, 2.75) is 46.5 Å². The Kier molecular flexibility index (Phi) is 2.27. The molecular formula is C16H20O2. The summed E-state index contributed by atoms with van der Waals surface area (Å²) < 4.78 is 0. The minimum absolute atomic E-state index is 0.0114. The molecule has 0 N–H and O–H groups in total. The third kappa shape index (κ3) is 1.47. The predicted octanol–water partition coefficient (Wildman–Crippen LogP) is 3.23. The lowest BCUT2D eigenvalue weighted by molar-refractivity contribution is -0.134. The Morgan fingerprint density at radius 1 is 1.22 bits per heavy atom. The van der Waals surface area contributed by atoms with Gasteiger partial charge in [-0.1, -0.05) is 31.1 Å². The summed E-state index contributed by atoms with van der Waals surface area (Å²) in [6.07, 6.45) is 7.00. The Hall–Kier alpha value is -1.18. The van der Waals surface area contributed by atoms with Gasteiger partial charge in [-0.2, -0.15) is 0 Å². The van der Waals surface area contributed by atoms with Gasteiger partial charge in [0.1, 0.15) is 5.78 Å². The maximum absolute atomic E-state index is 12.6. The fourth-order valence-electron chi connectivity index (χ4n) is 3.88. The van der Waals surface area contributed by atoms with Crippen molar-refractivity contribution >= 4 is 11.6 Å². The van der Waals surface area contributed by atoms with Crippen LogP contribution in [0.3, 0.4) is 0 Å². The molecule has 0 heterocycles. The normalized spacial score (nSPS) is 37.8. The van der Waals surface area contributed by atoms with Gasteiger partial charge in [0.15, 0.2) is 5.78 Å². The van der Waals surface area contributed by atoms with Gasteiger partial charge in [0, 0.05) is 12.3 Å². The van der Waals surface area contributed by atoms with E-state index in [4.69, 9.17) is 0 Å². The van der Waals surface area contributed by atoms with Crippen molar-refractivity contribution < 1.29 is 9.59 Å². The average Bonchev–Trinajstić information content (AvgIpc) is 2.25. The van der Waals surface area contributed by atoms with E-state index in [0.717, 1.165) is 30.4 Å². The topological polar surface area (TPSA) is 34.1 Å². The summed E-state index contributed by atoms with van der Waals surface area (Å²) >= 11 is 0. The molecule has 1 spiro atoms. The van der Waals surface area contributed by atoms with E-state index in [9.17, 15) is 9.59 Å². The number of carbonyl (C=O) groups is 2. The van der Waals surface area contributed by atoms with Gasteiger partial charge in [0.05, 0.1) is 5.41 Å². The molecule has 0 aromatic carbocycles. The summed E-state index contributed by atoms with van der Waals surface area (Å²) in [6, 6.07) is 0. The summed E-state index contributed by atoms with van der Waals surface area (Å²) in [7, 11) is 0. The quantitative estimate of drug-likeness (QED) is 0.613. The second-order valence-corrected chi connectivity index (χ2v) is 7.00. The molecule has 1 saturated carbocycles. The molecule has 2 nitrogen and oxygen atoms in total. The molecular weight excluding hydrogens is 224 g/mol. The lowest BCUT2D eigenvalue weighted by Crippen LogP contribution is -2.48. The highest BCUT2D eigenvalue weighted by atomic mass is 16.1. The van der Waals surface area contributed by atoms with Gasteiger partial charge in [-0.05, 0) is 37.7 Å². The van der Waals surface area contributed by atoms with Crippen LogP contribution in [0.2, 0.25) is 0 Å². The molecule has 2 atom stereocenters. The van der Waals surface area contributed by atoms with Gasteiger partial charge in [0.2, 0.25) is 0 Å². The monoisotopic (exact) mass is 244 g/mol. The molecule has 3 aliphatic rings. The zero-order valence-corrected chi connectivity index (χ0v) is 11.4. The van der Waals surface area contributed by atoms with Crippen molar-refractivity contribution in [1.82, 2.24) is 0 Å². The van der Waals surface area contributed by atoms with Crippen molar-refractivity contribution in [3.8, 4) is 0 Å². The van der Waals surface area contributed by atoms with Crippen LogP contribution in [0.25, 0.3) is 0 Å². The minimum atomic E-state index is -0.326. The zero-order valence-electron chi connectivity index (χ0n) is 11.4. The minimum Gasteiger partial charge on any atom is -0.299 e. The van der Waals surface area contributed by atoms with E-state index < -0.39 is 0 Å². The van der Waals surface area contributed by atoms with Crippen LogP contribution in [0, 0.1) is 16.7 Å². The van der Waals surface area contributed by atoms with E-state index in [1.807, 2.05) is 6.92 Å². The van der Waals surface area contributed by atoms with Crippen molar-refractivity contribution in [2.75, 3.05) is 0 Å². The molecule has 0 unspecified atom stereocenters. The number of Topliss-reactive ketones (excluding diaryl/α,β-unsaturated/α-hetero) is 1. The molecule has 96 valence electrons. The van der Waals surface area contributed by atoms with Gasteiger partial charge in [-0.25, -0.2) is 0 Å². The smallest absolute Gasteiger partial charge is 0.162 e. The summed E-state index contributed by atoms with van der Waals surface area (Å²) in [6.45, 7) is 6.27. The SMILES string of the molecule is CC1=CC[C@@]23C[C@@H]1C(=O)C=C2CC(C)(C)CC3=O. The summed E-state index contributed by atoms with van der Waals surface area (Å²) in [5.74, 6) is 0.526. The fourth-order valence-corrected chi connectivity index (χ4v) is 3.88. The lowest BCUT2D eigenvalue weighted by atomic mass is 9.52.